The molecule has 0 bridgehead atoms. The van der Waals surface area contributed by atoms with Crippen LogP contribution in [0.2, 0.25) is 0 Å². The van der Waals surface area contributed by atoms with Crippen LogP contribution in [0.25, 0.3) is 10.9 Å². The van der Waals surface area contributed by atoms with Crippen LogP contribution in [0.3, 0.4) is 0 Å². The number of carbonyl (C=O) groups is 3. The van der Waals surface area contributed by atoms with Crippen LogP contribution in [0.5, 0.6) is 5.75 Å². The Labute approximate surface area is 197 Å². The lowest BCUT2D eigenvalue weighted by molar-refractivity contribution is -0.128. The number of ether oxygens (including phenoxy) is 1. The van der Waals surface area contributed by atoms with Crippen molar-refractivity contribution in [2.75, 3.05) is 13.7 Å². The van der Waals surface area contributed by atoms with E-state index in [1.165, 1.54) is 0 Å². The Kier molecular flexibility index (Phi) is 5.68. The molecule has 1 aliphatic heterocycles. The summed E-state index contributed by atoms with van der Waals surface area (Å²) in [5, 5.41) is 19.4. The molecule has 1 aromatic heterocycles. The van der Waals surface area contributed by atoms with E-state index in [1.807, 2.05) is 18.2 Å². The topological polar surface area (TPSA) is 136 Å². The van der Waals surface area contributed by atoms with Gasteiger partial charge in [0, 0.05) is 23.4 Å². The molecule has 3 aliphatic rings. The van der Waals surface area contributed by atoms with Gasteiger partial charge in [0.25, 0.3) is 5.91 Å². The van der Waals surface area contributed by atoms with Gasteiger partial charge in [0.1, 0.15) is 23.0 Å². The van der Waals surface area contributed by atoms with Gasteiger partial charge in [-0.2, -0.15) is 5.26 Å². The molecule has 1 unspecified atom stereocenters. The maximum atomic E-state index is 13.3. The third-order valence-corrected chi connectivity index (χ3v) is 7.51. The first-order valence-electron chi connectivity index (χ1n) is 11.9. The quantitative estimate of drug-likeness (QED) is 0.498. The zero-order chi connectivity index (χ0) is 23.9. The van der Waals surface area contributed by atoms with E-state index in [4.69, 9.17) is 4.74 Å². The molecule has 4 N–H and O–H groups in total. The molecule has 0 spiro atoms. The number of nitriles is 1. The Morgan fingerprint density at radius 2 is 2.15 bits per heavy atom. The number of carbonyl (C=O) groups excluding carboxylic acids is 3. The summed E-state index contributed by atoms with van der Waals surface area (Å²) in [5.41, 5.74) is 0.00922. The standard InChI is InChI=1S/C25H29N5O4/c1-34-21-4-2-3-18-16(21)10-20(28-18)23(32)29-19(9-14-5-6-14)24(33)30-25(13-26)8-7-15-12-27-22(31)17(15)11-25/h2-4,10,14-15,17,19,28H,5-9,11-12H2,1H3,(H,27,31)(H,29,32)(H,30,33)/t15?,17-,19+,25+/m1/s1. The normalized spacial score (nSPS) is 26.8. The summed E-state index contributed by atoms with van der Waals surface area (Å²) in [4.78, 5) is 41.7. The zero-order valence-corrected chi connectivity index (χ0v) is 19.1. The summed E-state index contributed by atoms with van der Waals surface area (Å²) in [7, 11) is 1.57. The number of fused-ring (bicyclic) bond motifs is 2. The predicted molar refractivity (Wildman–Crippen MR) is 124 cm³/mol. The van der Waals surface area contributed by atoms with Gasteiger partial charge in [-0.3, -0.25) is 14.4 Å². The van der Waals surface area contributed by atoms with Crippen molar-refractivity contribution in [2.24, 2.45) is 17.8 Å². The highest BCUT2D eigenvalue weighted by molar-refractivity contribution is 6.01. The number of benzene rings is 1. The van der Waals surface area contributed by atoms with Crippen molar-refractivity contribution in [3.8, 4) is 11.8 Å². The summed E-state index contributed by atoms with van der Waals surface area (Å²) in [6.45, 7) is 0.634. The highest BCUT2D eigenvalue weighted by Gasteiger charge is 2.48. The van der Waals surface area contributed by atoms with Crippen LogP contribution in [0.1, 0.15) is 49.0 Å². The molecule has 2 aliphatic carbocycles. The molecule has 1 aromatic carbocycles. The minimum atomic E-state index is -1.10. The number of nitrogens with zero attached hydrogens (tertiary/aromatic N) is 1. The monoisotopic (exact) mass is 463 g/mol. The molecule has 2 aromatic rings. The highest BCUT2D eigenvalue weighted by atomic mass is 16.5. The van der Waals surface area contributed by atoms with Gasteiger partial charge in [0.15, 0.2) is 0 Å². The van der Waals surface area contributed by atoms with E-state index < -0.39 is 11.6 Å². The minimum Gasteiger partial charge on any atom is -0.496 e. The van der Waals surface area contributed by atoms with Gasteiger partial charge in [0.2, 0.25) is 11.8 Å². The molecule has 34 heavy (non-hydrogen) atoms. The van der Waals surface area contributed by atoms with Crippen molar-refractivity contribution in [1.29, 1.82) is 5.26 Å². The molecule has 0 radical (unpaired) electrons. The van der Waals surface area contributed by atoms with Crippen molar-refractivity contribution < 1.29 is 19.1 Å². The average molecular weight is 464 g/mol. The molecule has 9 nitrogen and oxygen atoms in total. The number of rotatable bonds is 7. The van der Waals surface area contributed by atoms with Crippen LogP contribution in [0, 0.1) is 29.1 Å². The molecule has 3 fully saturated rings. The maximum absolute atomic E-state index is 13.3. The van der Waals surface area contributed by atoms with E-state index in [0.717, 1.165) is 23.7 Å². The number of methoxy groups -OCH3 is 1. The molecule has 4 atom stereocenters. The summed E-state index contributed by atoms with van der Waals surface area (Å²) >= 11 is 0. The first-order chi connectivity index (χ1) is 16.4. The fraction of sp³-hybridized carbons (Fsp3) is 0.520. The van der Waals surface area contributed by atoms with Crippen LogP contribution in [0.4, 0.5) is 0 Å². The SMILES string of the molecule is COc1cccc2[nH]c(C(=O)N[C@@H](CC3CC3)C(=O)N[C@@]3(C#N)CCC4CNC(=O)[C@@H]4C3)cc12. The number of amides is 3. The van der Waals surface area contributed by atoms with Gasteiger partial charge in [0.05, 0.1) is 13.2 Å². The Bertz CT molecular complexity index is 1180. The van der Waals surface area contributed by atoms with Crippen molar-refractivity contribution >= 4 is 28.6 Å². The van der Waals surface area contributed by atoms with E-state index in [2.05, 4.69) is 27.0 Å². The second-order valence-electron chi connectivity index (χ2n) is 9.85. The lowest BCUT2D eigenvalue weighted by Crippen LogP contribution is -2.57. The lowest BCUT2D eigenvalue weighted by Gasteiger charge is -2.37. The minimum absolute atomic E-state index is 0.0457. The number of aromatic nitrogens is 1. The van der Waals surface area contributed by atoms with E-state index in [0.29, 0.717) is 49.6 Å². The number of hydrogen-bond acceptors (Lipinski definition) is 5. The zero-order valence-electron chi connectivity index (χ0n) is 19.1. The van der Waals surface area contributed by atoms with Gasteiger partial charge in [-0.15, -0.1) is 0 Å². The first kappa shape index (κ1) is 22.3. The van der Waals surface area contributed by atoms with E-state index >= 15 is 0 Å². The molecule has 5 rings (SSSR count). The van der Waals surface area contributed by atoms with Crippen molar-refractivity contribution in [2.45, 2.75) is 50.1 Å². The molecular weight excluding hydrogens is 434 g/mol. The fourth-order valence-electron chi connectivity index (χ4n) is 5.34. The molecule has 3 amide bonds. The lowest BCUT2D eigenvalue weighted by atomic mass is 9.71. The molecule has 2 heterocycles. The Hall–Kier alpha value is -3.54. The smallest absolute Gasteiger partial charge is 0.268 e. The van der Waals surface area contributed by atoms with Gasteiger partial charge in [-0.1, -0.05) is 18.9 Å². The summed E-state index contributed by atoms with van der Waals surface area (Å²) in [6.07, 6.45) is 4.07. The van der Waals surface area contributed by atoms with E-state index in [9.17, 15) is 19.6 Å². The number of nitrogens with one attached hydrogen (secondary N) is 4. The van der Waals surface area contributed by atoms with Crippen LogP contribution in [-0.2, 0) is 9.59 Å². The number of hydrogen-bond donors (Lipinski definition) is 4. The van der Waals surface area contributed by atoms with Crippen molar-refractivity contribution in [3.05, 3.63) is 30.0 Å². The third-order valence-electron chi connectivity index (χ3n) is 7.51. The molecule has 2 saturated carbocycles. The van der Waals surface area contributed by atoms with Gasteiger partial charge in [-0.05, 0) is 55.7 Å². The fourth-order valence-corrected chi connectivity index (χ4v) is 5.34. The first-order valence-corrected chi connectivity index (χ1v) is 11.9. The van der Waals surface area contributed by atoms with Crippen LogP contribution < -0.4 is 20.7 Å². The van der Waals surface area contributed by atoms with Crippen LogP contribution >= 0.6 is 0 Å². The van der Waals surface area contributed by atoms with Crippen molar-refractivity contribution in [1.82, 2.24) is 20.9 Å². The summed E-state index contributed by atoms with van der Waals surface area (Å²) in [6, 6.07) is 8.75. The Morgan fingerprint density at radius 1 is 1.32 bits per heavy atom. The predicted octanol–water partition coefficient (Wildman–Crippen LogP) is 2.00. The van der Waals surface area contributed by atoms with Crippen LogP contribution in [0.15, 0.2) is 24.3 Å². The van der Waals surface area contributed by atoms with Crippen molar-refractivity contribution in [3.63, 3.8) is 0 Å². The van der Waals surface area contributed by atoms with E-state index in [1.54, 1.807) is 13.2 Å². The molecule has 178 valence electrons. The maximum Gasteiger partial charge on any atom is 0.268 e. The number of aromatic amines is 1. The summed E-state index contributed by atoms with van der Waals surface area (Å²) in [5.74, 6) is 0.195. The molecular formula is C25H29N5O4. The molecule has 9 heteroatoms. The van der Waals surface area contributed by atoms with E-state index in [-0.39, 0.29) is 29.6 Å². The Balaban J connectivity index is 1.32. The van der Waals surface area contributed by atoms with Crippen LogP contribution in [-0.4, -0.2) is 47.9 Å². The highest BCUT2D eigenvalue weighted by Crippen LogP contribution is 2.39. The third kappa shape index (κ3) is 4.20. The Morgan fingerprint density at radius 3 is 2.88 bits per heavy atom. The molecule has 1 saturated heterocycles. The van der Waals surface area contributed by atoms with Gasteiger partial charge in [-0.25, -0.2) is 0 Å². The summed E-state index contributed by atoms with van der Waals surface area (Å²) < 4.78 is 5.37. The largest absolute Gasteiger partial charge is 0.496 e. The average Bonchev–Trinajstić information content (AvgIpc) is 3.43. The second-order valence-corrected chi connectivity index (χ2v) is 9.85. The number of H-pyrrole nitrogens is 1. The second kappa shape index (κ2) is 8.67. The van der Waals surface area contributed by atoms with Gasteiger partial charge < -0.3 is 25.7 Å². The van der Waals surface area contributed by atoms with Gasteiger partial charge >= 0.3 is 0 Å².